The van der Waals surface area contributed by atoms with Gasteiger partial charge in [0.25, 0.3) is 5.91 Å². The average molecular weight is 436 g/mol. The van der Waals surface area contributed by atoms with Crippen molar-refractivity contribution in [1.29, 1.82) is 0 Å². The SMILES string of the molecule is CCOCCOc1nc(-c2ccc(F)cc2)n(-c2cccc(NC(=O)c3ccco3)c2)n1. The zero-order chi connectivity index (χ0) is 22.3. The molecule has 0 aliphatic heterocycles. The molecule has 0 radical (unpaired) electrons. The highest BCUT2D eigenvalue weighted by Crippen LogP contribution is 2.25. The van der Waals surface area contributed by atoms with Crippen LogP contribution in [0.3, 0.4) is 0 Å². The lowest BCUT2D eigenvalue weighted by molar-refractivity contribution is 0.0996. The summed E-state index contributed by atoms with van der Waals surface area (Å²) in [5, 5.41) is 7.23. The number of rotatable bonds is 9. The lowest BCUT2D eigenvalue weighted by Gasteiger charge is -2.09. The predicted octanol–water partition coefficient (Wildman–Crippen LogP) is 4.33. The zero-order valence-corrected chi connectivity index (χ0v) is 17.3. The lowest BCUT2D eigenvalue weighted by Crippen LogP contribution is -2.11. The quantitative estimate of drug-likeness (QED) is 0.393. The minimum atomic E-state index is -0.371. The molecule has 0 saturated carbocycles. The molecule has 2 aromatic carbocycles. The van der Waals surface area contributed by atoms with E-state index in [-0.39, 0.29) is 23.5 Å². The summed E-state index contributed by atoms with van der Waals surface area (Å²) in [7, 11) is 0. The topological polar surface area (TPSA) is 91.4 Å². The fourth-order valence-corrected chi connectivity index (χ4v) is 2.97. The molecule has 0 unspecified atom stereocenters. The standard InChI is InChI=1S/C23H21FN4O4/c1-2-30-13-14-32-23-26-21(16-8-10-17(24)11-9-16)28(27-23)19-6-3-5-18(15-19)25-22(29)20-7-4-12-31-20/h3-12,15H,2,13-14H2,1H3,(H,25,29). The fourth-order valence-electron chi connectivity index (χ4n) is 2.97. The van der Waals surface area contributed by atoms with E-state index in [9.17, 15) is 9.18 Å². The van der Waals surface area contributed by atoms with E-state index < -0.39 is 0 Å². The van der Waals surface area contributed by atoms with Crippen LogP contribution >= 0.6 is 0 Å². The Hall–Kier alpha value is -3.98. The van der Waals surface area contributed by atoms with Gasteiger partial charge in [-0.1, -0.05) is 6.07 Å². The molecule has 2 heterocycles. The van der Waals surface area contributed by atoms with Crippen molar-refractivity contribution in [3.8, 4) is 23.1 Å². The number of benzene rings is 2. The molecular weight excluding hydrogens is 415 g/mol. The normalized spacial score (nSPS) is 10.8. The van der Waals surface area contributed by atoms with Crippen LogP contribution in [0, 0.1) is 5.82 Å². The third kappa shape index (κ3) is 5.01. The molecule has 8 nitrogen and oxygen atoms in total. The van der Waals surface area contributed by atoms with Crippen LogP contribution < -0.4 is 10.1 Å². The van der Waals surface area contributed by atoms with E-state index >= 15 is 0 Å². The Balaban J connectivity index is 1.64. The first-order valence-electron chi connectivity index (χ1n) is 10.0. The summed E-state index contributed by atoms with van der Waals surface area (Å²) < 4.78 is 31.0. The molecule has 9 heteroatoms. The Morgan fingerprint density at radius 3 is 2.72 bits per heavy atom. The number of aromatic nitrogens is 3. The van der Waals surface area contributed by atoms with Gasteiger partial charge in [-0.15, -0.1) is 5.10 Å². The van der Waals surface area contributed by atoms with Crippen molar-refractivity contribution in [1.82, 2.24) is 14.8 Å². The first-order valence-corrected chi connectivity index (χ1v) is 10.0. The number of carbonyl (C=O) groups excluding carboxylic acids is 1. The Labute approximate surface area is 183 Å². The number of amides is 1. The number of ether oxygens (including phenoxy) is 2. The second-order valence-electron chi connectivity index (χ2n) is 6.66. The Morgan fingerprint density at radius 2 is 1.97 bits per heavy atom. The van der Waals surface area contributed by atoms with Gasteiger partial charge in [-0.25, -0.2) is 9.07 Å². The number of hydrogen-bond acceptors (Lipinski definition) is 6. The third-order valence-corrected chi connectivity index (χ3v) is 4.45. The Kier molecular flexibility index (Phi) is 6.57. The van der Waals surface area contributed by atoms with E-state index in [2.05, 4.69) is 15.4 Å². The van der Waals surface area contributed by atoms with E-state index in [4.69, 9.17) is 13.9 Å². The molecule has 0 saturated heterocycles. The van der Waals surface area contributed by atoms with Gasteiger partial charge in [-0.05, 0) is 61.5 Å². The van der Waals surface area contributed by atoms with Gasteiger partial charge in [0.1, 0.15) is 12.4 Å². The molecule has 4 rings (SSSR count). The van der Waals surface area contributed by atoms with Crippen molar-refractivity contribution in [2.75, 3.05) is 25.1 Å². The minimum absolute atomic E-state index is 0.161. The number of anilines is 1. The Morgan fingerprint density at radius 1 is 1.12 bits per heavy atom. The highest BCUT2D eigenvalue weighted by Gasteiger charge is 2.16. The number of nitrogens with one attached hydrogen (secondary N) is 1. The predicted molar refractivity (Wildman–Crippen MR) is 115 cm³/mol. The molecule has 1 amide bonds. The summed E-state index contributed by atoms with van der Waals surface area (Å²) in [5.41, 5.74) is 1.83. The first kappa shape index (κ1) is 21.3. The van der Waals surface area contributed by atoms with Gasteiger partial charge >= 0.3 is 6.01 Å². The van der Waals surface area contributed by atoms with Crippen molar-refractivity contribution in [2.45, 2.75) is 6.92 Å². The molecule has 2 aromatic heterocycles. The molecular formula is C23H21FN4O4. The maximum atomic E-state index is 13.4. The van der Waals surface area contributed by atoms with Gasteiger partial charge in [0.15, 0.2) is 11.6 Å². The summed E-state index contributed by atoms with van der Waals surface area (Å²) in [5.74, 6) is -0.0563. The fraction of sp³-hybridized carbons (Fsp3) is 0.174. The van der Waals surface area contributed by atoms with Crippen molar-refractivity contribution < 1.29 is 23.1 Å². The van der Waals surface area contributed by atoms with Gasteiger partial charge in [0.05, 0.1) is 18.6 Å². The number of furan rings is 1. The zero-order valence-electron chi connectivity index (χ0n) is 17.3. The molecule has 32 heavy (non-hydrogen) atoms. The van der Waals surface area contributed by atoms with Crippen LogP contribution in [0.15, 0.2) is 71.3 Å². The van der Waals surface area contributed by atoms with Gasteiger partial charge in [0.2, 0.25) is 0 Å². The summed E-state index contributed by atoms with van der Waals surface area (Å²) in [6, 6.07) is 16.4. The van der Waals surface area contributed by atoms with Crippen molar-refractivity contribution in [3.05, 3.63) is 78.5 Å². The lowest BCUT2D eigenvalue weighted by atomic mass is 10.2. The van der Waals surface area contributed by atoms with E-state index in [1.807, 2.05) is 13.0 Å². The molecule has 0 spiro atoms. The van der Waals surface area contributed by atoms with Crippen LogP contribution in [0.4, 0.5) is 10.1 Å². The number of nitrogens with zero attached hydrogens (tertiary/aromatic N) is 3. The second kappa shape index (κ2) is 9.88. The molecule has 164 valence electrons. The third-order valence-electron chi connectivity index (χ3n) is 4.45. The minimum Gasteiger partial charge on any atom is -0.460 e. The van der Waals surface area contributed by atoms with Crippen LogP contribution in [-0.2, 0) is 4.74 Å². The molecule has 0 bridgehead atoms. The maximum absolute atomic E-state index is 13.4. The number of carbonyl (C=O) groups is 1. The van der Waals surface area contributed by atoms with Gasteiger partial charge in [-0.2, -0.15) is 4.98 Å². The van der Waals surface area contributed by atoms with Crippen molar-refractivity contribution in [2.24, 2.45) is 0 Å². The number of hydrogen-bond donors (Lipinski definition) is 1. The molecule has 0 aliphatic rings. The van der Waals surface area contributed by atoms with Crippen LogP contribution in [0.5, 0.6) is 6.01 Å². The monoisotopic (exact) mass is 436 g/mol. The molecule has 0 aliphatic carbocycles. The van der Waals surface area contributed by atoms with E-state index in [1.165, 1.54) is 18.4 Å². The van der Waals surface area contributed by atoms with E-state index in [0.29, 0.717) is 42.6 Å². The highest BCUT2D eigenvalue weighted by molar-refractivity contribution is 6.02. The average Bonchev–Trinajstić information content (AvgIpc) is 3.48. The summed E-state index contributed by atoms with van der Waals surface area (Å²) in [6.07, 6.45) is 1.43. The smallest absolute Gasteiger partial charge is 0.336 e. The van der Waals surface area contributed by atoms with Crippen molar-refractivity contribution >= 4 is 11.6 Å². The van der Waals surface area contributed by atoms with Crippen LogP contribution in [-0.4, -0.2) is 40.5 Å². The largest absolute Gasteiger partial charge is 0.460 e. The highest BCUT2D eigenvalue weighted by atomic mass is 19.1. The molecule has 0 fully saturated rings. The van der Waals surface area contributed by atoms with Gasteiger partial charge in [-0.3, -0.25) is 4.79 Å². The second-order valence-corrected chi connectivity index (χ2v) is 6.66. The molecule has 4 aromatic rings. The molecule has 1 N–H and O–H groups in total. The maximum Gasteiger partial charge on any atom is 0.336 e. The van der Waals surface area contributed by atoms with Crippen LogP contribution in [0.25, 0.3) is 17.1 Å². The summed E-state index contributed by atoms with van der Waals surface area (Å²) in [4.78, 5) is 16.8. The van der Waals surface area contributed by atoms with Crippen molar-refractivity contribution in [3.63, 3.8) is 0 Å². The van der Waals surface area contributed by atoms with Crippen LogP contribution in [0.1, 0.15) is 17.5 Å². The molecule has 0 atom stereocenters. The number of halogens is 1. The summed E-state index contributed by atoms with van der Waals surface area (Å²) in [6.45, 7) is 3.19. The summed E-state index contributed by atoms with van der Waals surface area (Å²) >= 11 is 0. The van der Waals surface area contributed by atoms with E-state index in [0.717, 1.165) is 0 Å². The first-order chi connectivity index (χ1) is 15.6. The van der Waals surface area contributed by atoms with E-state index in [1.54, 1.807) is 47.1 Å². The Bertz CT molecular complexity index is 1170. The van der Waals surface area contributed by atoms with Gasteiger partial charge in [0, 0.05) is 17.9 Å². The van der Waals surface area contributed by atoms with Gasteiger partial charge < -0.3 is 19.2 Å². The van der Waals surface area contributed by atoms with Crippen LogP contribution in [0.2, 0.25) is 0 Å².